The molecule has 0 saturated carbocycles. The molecule has 2 N–H and O–H groups in total. The van der Waals surface area contributed by atoms with Gasteiger partial charge in [0.25, 0.3) is 0 Å². The van der Waals surface area contributed by atoms with Crippen molar-refractivity contribution in [3.05, 3.63) is 56.7 Å². The zero-order valence-electron chi connectivity index (χ0n) is 9.82. The zero-order chi connectivity index (χ0) is 12.3. The summed E-state index contributed by atoms with van der Waals surface area (Å²) in [4.78, 5) is 2.66. The van der Waals surface area contributed by atoms with Crippen LogP contribution in [0.1, 0.15) is 28.3 Å². The van der Waals surface area contributed by atoms with Crippen molar-refractivity contribution >= 4 is 22.9 Å². The molecule has 1 unspecified atom stereocenters. The van der Waals surface area contributed by atoms with Crippen molar-refractivity contribution in [2.75, 3.05) is 0 Å². The molecular weight excluding hydrogens is 250 g/mol. The number of rotatable bonds is 4. The minimum absolute atomic E-state index is 0.0847. The topological polar surface area (TPSA) is 26.0 Å². The van der Waals surface area contributed by atoms with E-state index < -0.39 is 0 Å². The third kappa shape index (κ3) is 3.32. The van der Waals surface area contributed by atoms with Crippen LogP contribution in [0.25, 0.3) is 0 Å². The molecule has 0 amide bonds. The summed E-state index contributed by atoms with van der Waals surface area (Å²) >= 11 is 7.67. The Hall–Kier alpha value is -0.830. The summed E-state index contributed by atoms with van der Waals surface area (Å²) in [6.45, 7) is 2.17. The predicted molar refractivity (Wildman–Crippen MR) is 75.8 cm³/mol. The zero-order valence-corrected chi connectivity index (χ0v) is 11.4. The highest BCUT2D eigenvalue weighted by atomic mass is 35.5. The number of hydrogen-bond donors (Lipinski definition) is 1. The molecule has 1 heterocycles. The van der Waals surface area contributed by atoms with Crippen molar-refractivity contribution in [2.24, 2.45) is 5.73 Å². The molecule has 0 aliphatic rings. The predicted octanol–water partition coefficient (Wildman–Crippen LogP) is 4.21. The summed E-state index contributed by atoms with van der Waals surface area (Å²) in [5.41, 5.74) is 7.44. The van der Waals surface area contributed by atoms with Gasteiger partial charge in [-0.25, -0.2) is 0 Å². The van der Waals surface area contributed by atoms with E-state index >= 15 is 0 Å². The molecule has 1 aromatic heterocycles. The Balaban J connectivity index is 2.05. The Morgan fingerprint density at radius 1 is 1.18 bits per heavy atom. The van der Waals surface area contributed by atoms with Crippen LogP contribution in [0.3, 0.4) is 0 Å². The average molecular weight is 266 g/mol. The van der Waals surface area contributed by atoms with Gasteiger partial charge in [0, 0.05) is 20.8 Å². The van der Waals surface area contributed by atoms with Crippen LogP contribution >= 0.6 is 22.9 Å². The molecule has 17 heavy (non-hydrogen) atoms. The van der Waals surface area contributed by atoms with E-state index in [1.54, 1.807) is 0 Å². The first-order chi connectivity index (χ1) is 8.19. The Kier molecular flexibility index (Phi) is 4.21. The number of benzene rings is 1. The second-order valence-electron chi connectivity index (χ2n) is 4.09. The smallest absolute Gasteiger partial charge is 0.0430 e. The van der Waals surface area contributed by atoms with Crippen molar-refractivity contribution in [1.29, 1.82) is 0 Å². The van der Waals surface area contributed by atoms with Gasteiger partial charge in [-0.3, -0.25) is 0 Å². The third-order valence-corrected chi connectivity index (χ3v) is 4.38. The molecule has 0 bridgehead atoms. The van der Waals surface area contributed by atoms with Gasteiger partial charge in [0.2, 0.25) is 0 Å². The van der Waals surface area contributed by atoms with E-state index in [0.29, 0.717) is 0 Å². The Morgan fingerprint density at radius 3 is 2.47 bits per heavy atom. The average Bonchev–Trinajstić information content (AvgIpc) is 2.81. The maximum atomic E-state index is 6.21. The molecule has 2 aromatic rings. The molecule has 1 atom stereocenters. The first-order valence-electron chi connectivity index (χ1n) is 5.77. The minimum Gasteiger partial charge on any atom is -0.323 e. The maximum Gasteiger partial charge on any atom is 0.0430 e. The van der Waals surface area contributed by atoms with Crippen molar-refractivity contribution < 1.29 is 0 Å². The highest BCUT2D eigenvalue weighted by Crippen LogP contribution is 2.25. The molecule has 0 saturated heterocycles. The van der Waals surface area contributed by atoms with E-state index in [1.807, 2.05) is 35.6 Å². The number of nitrogens with two attached hydrogens (primary N) is 1. The molecule has 1 aromatic carbocycles. The molecule has 3 heteroatoms. The van der Waals surface area contributed by atoms with Crippen molar-refractivity contribution in [3.63, 3.8) is 0 Å². The standard InChI is InChI=1S/C14H16ClNS/c1-2-12-7-8-14(17-12)13(16)9-10-3-5-11(15)6-4-10/h3-8,13H,2,9,16H2,1H3. The molecule has 90 valence electrons. The van der Waals surface area contributed by atoms with Crippen LogP contribution in [-0.4, -0.2) is 0 Å². The van der Waals surface area contributed by atoms with Crippen molar-refractivity contribution in [3.8, 4) is 0 Å². The summed E-state index contributed by atoms with van der Waals surface area (Å²) < 4.78 is 0. The lowest BCUT2D eigenvalue weighted by atomic mass is 10.1. The fourth-order valence-electron chi connectivity index (χ4n) is 1.76. The Labute approximate surface area is 111 Å². The van der Waals surface area contributed by atoms with E-state index in [-0.39, 0.29) is 6.04 Å². The van der Waals surface area contributed by atoms with Crippen molar-refractivity contribution in [2.45, 2.75) is 25.8 Å². The lowest BCUT2D eigenvalue weighted by Crippen LogP contribution is -2.11. The number of aryl methyl sites for hydroxylation is 1. The van der Waals surface area contributed by atoms with Gasteiger partial charge in [-0.15, -0.1) is 11.3 Å². The summed E-state index contributed by atoms with van der Waals surface area (Å²) in [7, 11) is 0. The Bertz CT molecular complexity index is 475. The van der Waals surface area contributed by atoms with Crippen LogP contribution in [-0.2, 0) is 12.8 Å². The SMILES string of the molecule is CCc1ccc(C(N)Cc2ccc(Cl)cc2)s1. The first kappa shape index (κ1) is 12.6. The lowest BCUT2D eigenvalue weighted by Gasteiger charge is -2.09. The molecule has 2 rings (SSSR count). The molecule has 0 aliphatic carbocycles. The monoisotopic (exact) mass is 265 g/mol. The van der Waals surface area contributed by atoms with Gasteiger partial charge in [-0.1, -0.05) is 30.7 Å². The number of hydrogen-bond acceptors (Lipinski definition) is 2. The van der Waals surface area contributed by atoms with Crippen LogP contribution in [0, 0.1) is 0 Å². The van der Waals surface area contributed by atoms with E-state index in [9.17, 15) is 0 Å². The molecule has 0 radical (unpaired) electrons. The second-order valence-corrected chi connectivity index (χ2v) is 5.73. The minimum atomic E-state index is 0.0847. The molecule has 0 fully saturated rings. The fourth-order valence-corrected chi connectivity index (χ4v) is 2.84. The second kappa shape index (κ2) is 5.67. The quantitative estimate of drug-likeness (QED) is 0.881. The first-order valence-corrected chi connectivity index (χ1v) is 6.97. The molecule has 0 spiro atoms. The van der Waals surface area contributed by atoms with Crippen LogP contribution < -0.4 is 5.73 Å². The fraction of sp³-hybridized carbons (Fsp3) is 0.286. The summed E-state index contributed by atoms with van der Waals surface area (Å²) in [6, 6.07) is 12.3. The van der Waals surface area contributed by atoms with Gasteiger partial charge < -0.3 is 5.73 Å². The van der Waals surface area contributed by atoms with E-state index in [0.717, 1.165) is 17.9 Å². The summed E-state index contributed by atoms with van der Waals surface area (Å²) in [6.07, 6.45) is 1.94. The van der Waals surface area contributed by atoms with E-state index in [2.05, 4.69) is 19.1 Å². The maximum absolute atomic E-state index is 6.21. The van der Waals surface area contributed by atoms with Crippen molar-refractivity contribution in [1.82, 2.24) is 0 Å². The number of halogens is 1. The highest BCUT2D eigenvalue weighted by molar-refractivity contribution is 7.12. The van der Waals surface area contributed by atoms with Crippen LogP contribution in [0.15, 0.2) is 36.4 Å². The van der Waals surface area contributed by atoms with Gasteiger partial charge >= 0.3 is 0 Å². The van der Waals surface area contributed by atoms with Gasteiger partial charge in [0.05, 0.1) is 0 Å². The van der Waals surface area contributed by atoms with Crippen LogP contribution in [0.5, 0.6) is 0 Å². The van der Waals surface area contributed by atoms with Gasteiger partial charge in [0.1, 0.15) is 0 Å². The summed E-state index contributed by atoms with van der Waals surface area (Å²) in [5, 5.41) is 0.770. The Morgan fingerprint density at radius 2 is 1.88 bits per heavy atom. The van der Waals surface area contributed by atoms with Gasteiger partial charge in [0.15, 0.2) is 0 Å². The summed E-state index contributed by atoms with van der Waals surface area (Å²) in [5.74, 6) is 0. The highest BCUT2D eigenvalue weighted by Gasteiger charge is 2.09. The van der Waals surface area contributed by atoms with E-state index in [4.69, 9.17) is 17.3 Å². The van der Waals surface area contributed by atoms with Crippen LogP contribution in [0.2, 0.25) is 5.02 Å². The molecular formula is C14H16ClNS. The van der Waals surface area contributed by atoms with Crippen LogP contribution in [0.4, 0.5) is 0 Å². The third-order valence-electron chi connectivity index (χ3n) is 2.77. The van der Waals surface area contributed by atoms with Gasteiger partial charge in [-0.2, -0.15) is 0 Å². The van der Waals surface area contributed by atoms with Gasteiger partial charge in [-0.05, 0) is 42.7 Å². The molecule has 1 nitrogen and oxygen atoms in total. The lowest BCUT2D eigenvalue weighted by molar-refractivity contribution is 0.736. The largest absolute Gasteiger partial charge is 0.323 e. The number of thiophene rings is 1. The molecule has 0 aliphatic heterocycles. The van der Waals surface area contributed by atoms with E-state index in [1.165, 1.54) is 15.3 Å². The normalized spacial score (nSPS) is 12.6.